The summed E-state index contributed by atoms with van der Waals surface area (Å²) in [7, 11) is 0. The summed E-state index contributed by atoms with van der Waals surface area (Å²) < 4.78 is 5.16. The third-order valence-electron chi connectivity index (χ3n) is 1.50. The third kappa shape index (κ3) is 2.48. The summed E-state index contributed by atoms with van der Waals surface area (Å²) >= 11 is 0. The van der Waals surface area contributed by atoms with E-state index in [4.69, 9.17) is 14.7 Å². The van der Waals surface area contributed by atoms with Gasteiger partial charge in [0.25, 0.3) is 0 Å². The smallest absolute Gasteiger partial charge is 0.227 e. The van der Waals surface area contributed by atoms with E-state index in [-0.39, 0.29) is 12.9 Å². The molecule has 4 nitrogen and oxygen atoms in total. The standard InChI is InChI=1S/C7H13NO3/c1-2-10-7-4-3-6(5-9)8-11-7/h7,9H,2-5H2,1H3. The Morgan fingerprint density at radius 3 is 3.09 bits per heavy atom. The predicted octanol–water partition coefficient (Wildman–Crippen LogP) is 0.508. The Bertz CT molecular complexity index is 147. The van der Waals surface area contributed by atoms with Crippen LogP contribution in [0.1, 0.15) is 19.8 Å². The van der Waals surface area contributed by atoms with Crippen molar-refractivity contribution in [1.29, 1.82) is 0 Å². The molecular weight excluding hydrogens is 146 g/mol. The van der Waals surface area contributed by atoms with Crippen LogP contribution in [-0.4, -0.2) is 30.3 Å². The largest absolute Gasteiger partial charge is 0.390 e. The van der Waals surface area contributed by atoms with Gasteiger partial charge in [-0.05, 0) is 13.3 Å². The van der Waals surface area contributed by atoms with E-state index in [1.54, 1.807) is 0 Å². The van der Waals surface area contributed by atoms with Crippen LogP contribution in [-0.2, 0) is 9.57 Å². The quantitative estimate of drug-likeness (QED) is 0.652. The first kappa shape index (κ1) is 8.49. The normalized spacial score (nSPS) is 24.2. The minimum absolute atomic E-state index is 0.0150. The van der Waals surface area contributed by atoms with E-state index in [0.29, 0.717) is 12.3 Å². The zero-order chi connectivity index (χ0) is 8.10. The van der Waals surface area contributed by atoms with Crippen LogP contribution < -0.4 is 0 Å². The maximum absolute atomic E-state index is 8.66. The Morgan fingerprint density at radius 2 is 2.64 bits per heavy atom. The van der Waals surface area contributed by atoms with Crippen LogP contribution >= 0.6 is 0 Å². The molecule has 0 bridgehead atoms. The number of aliphatic hydroxyl groups excluding tert-OH is 1. The van der Waals surface area contributed by atoms with Crippen molar-refractivity contribution in [2.45, 2.75) is 26.1 Å². The maximum Gasteiger partial charge on any atom is 0.227 e. The molecule has 1 aliphatic rings. The van der Waals surface area contributed by atoms with Crippen LogP contribution in [0.25, 0.3) is 0 Å². The van der Waals surface area contributed by atoms with Crippen molar-refractivity contribution < 1.29 is 14.7 Å². The average molecular weight is 159 g/mol. The fraction of sp³-hybridized carbons (Fsp3) is 0.857. The number of nitrogens with zero attached hydrogens (tertiary/aromatic N) is 1. The van der Waals surface area contributed by atoms with Gasteiger partial charge in [0.05, 0.1) is 12.3 Å². The van der Waals surface area contributed by atoms with Crippen LogP contribution in [0.5, 0.6) is 0 Å². The number of rotatable bonds is 3. The molecule has 0 saturated heterocycles. The second kappa shape index (κ2) is 4.31. The van der Waals surface area contributed by atoms with Crippen molar-refractivity contribution in [3.63, 3.8) is 0 Å². The highest BCUT2D eigenvalue weighted by molar-refractivity contribution is 5.85. The molecule has 1 heterocycles. The van der Waals surface area contributed by atoms with Gasteiger partial charge >= 0.3 is 0 Å². The first-order chi connectivity index (χ1) is 5.36. The van der Waals surface area contributed by atoms with Gasteiger partial charge in [-0.3, -0.25) is 0 Å². The van der Waals surface area contributed by atoms with Gasteiger partial charge in [-0.1, -0.05) is 5.16 Å². The number of hydrogen-bond donors (Lipinski definition) is 1. The van der Waals surface area contributed by atoms with Crippen molar-refractivity contribution in [3.05, 3.63) is 0 Å². The number of oxime groups is 1. The van der Waals surface area contributed by atoms with E-state index < -0.39 is 0 Å². The zero-order valence-corrected chi connectivity index (χ0v) is 6.62. The van der Waals surface area contributed by atoms with Crippen molar-refractivity contribution in [2.24, 2.45) is 5.16 Å². The molecular formula is C7H13NO3. The van der Waals surface area contributed by atoms with Crippen molar-refractivity contribution in [1.82, 2.24) is 0 Å². The summed E-state index contributed by atoms with van der Waals surface area (Å²) in [5, 5.41) is 12.3. The lowest BCUT2D eigenvalue weighted by atomic mass is 10.2. The van der Waals surface area contributed by atoms with Crippen LogP contribution in [0.4, 0.5) is 0 Å². The van der Waals surface area contributed by atoms with Gasteiger partial charge in [0.15, 0.2) is 0 Å². The predicted molar refractivity (Wildman–Crippen MR) is 40.3 cm³/mol. The van der Waals surface area contributed by atoms with E-state index in [0.717, 1.165) is 12.8 Å². The second-order valence-electron chi connectivity index (χ2n) is 2.34. The molecule has 64 valence electrons. The summed E-state index contributed by atoms with van der Waals surface area (Å²) in [4.78, 5) is 4.93. The summed E-state index contributed by atoms with van der Waals surface area (Å²) in [5.74, 6) is 0. The van der Waals surface area contributed by atoms with E-state index in [2.05, 4.69) is 5.16 Å². The zero-order valence-electron chi connectivity index (χ0n) is 6.62. The van der Waals surface area contributed by atoms with E-state index in [9.17, 15) is 0 Å². The molecule has 1 N–H and O–H groups in total. The minimum atomic E-state index is -0.213. The molecule has 0 aromatic rings. The molecule has 1 aliphatic heterocycles. The fourth-order valence-corrected chi connectivity index (χ4v) is 0.924. The molecule has 0 amide bonds. The fourth-order valence-electron chi connectivity index (χ4n) is 0.924. The Balaban J connectivity index is 2.29. The van der Waals surface area contributed by atoms with Gasteiger partial charge in [-0.2, -0.15) is 0 Å². The molecule has 0 aromatic heterocycles. The summed E-state index contributed by atoms with van der Waals surface area (Å²) in [6.07, 6.45) is 1.34. The highest BCUT2D eigenvalue weighted by Gasteiger charge is 2.16. The highest BCUT2D eigenvalue weighted by atomic mass is 16.8. The van der Waals surface area contributed by atoms with Gasteiger partial charge in [0.1, 0.15) is 0 Å². The summed E-state index contributed by atoms with van der Waals surface area (Å²) in [5.41, 5.74) is 0.695. The Morgan fingerprint density at radius 1 is 1.82 bits per heavy atom. The maximum atomic E-state index is 8.66. The molecule has 4 heteroatoms. The molecule has 0 aliphatic carbocycles. The lowest BCUT2D eigenvalue weighted by molar-refractivity contribution is -0.147. The van der Waals surface area contributed by atoms with E-state index >= 15 is 0 Å². The SMILES string of the molecule is CCOC1CCC(CO)=NO1. The molecule has 0 aromatic carbocycles. The van der Waals surface area contributed by atoms with Gasteiger partial charge < -0.3 is 14.7 Å². The van der Waals surface area contributed by atoms with Gasteiger partial charge in [-0.25, -0.2) is 0 Å². The minimum Gasteiger partial charge on any atom is -0.390 e. The molecule has 1 unspecified atom stereocenters. The average Bonchev–Trinajstić information content (AvgIpc) is 2.07. The van der Waals surface area contributed by atoms with Crippen LogP contribution in [0.2, 0.25) is 0 Å². The lowest BCUT2D eigenvalue weighted by Gasteiger charge is -2.19. The monoisotopic (exact) mass is 159 g/mol. The van der Waals surface area contributed by atoms with Crippen molar-refractivity contribution in [2.75, 3.05) is 13.2 Å². The third-order valence-corrected chi connectivity index (χ3v) is 1.50. The van der Waals surface area contributed by atoms with Crippen molar-refractivity contribution >= 4 is 5.71 Å². The van der Waals surface area contributed by atoms with Crippen molar-refractivity contribution in [3.8, 4) is 0 Å². The summed E-state index contributed by atoms with van der Waals surface area (Å²) in [6.45, 7) is 2.53. The Hall–Kier alpha value is -0.610. The van der Waals surface area contributed by atoms with Gasteiger partial charge in [0, 0.05) is 13.0 Å². The van der Waals surface area contributed by atoms with Gasteiger partial charge in [-0.15, -0.1) is 0 Å². The Labute approximate surface area is 65.8 Å². The van der Waals surface area contributed by atoms with E-state index in [1.807, 2.05) is 6.92 Å². The second-order valence-corrected chi connectivity index (χ2v) is 2.34. The molecule has 1 rings (SSSR count). The first-order valence-corrected chi connectivity index (χ1v) is 3.80. The topological polar surface area (TPSA) is 51.0 Å². The van der Waals surface area contributed by atoms with Crippen LogP contribution in [0, 0.1) is 0 Å². The molecule has 1 atom stereocenters. The number of hydrogen-bond acceptors (Lipinski definition) is 4. The molecule has 0 spiro atoms. The van der Waals surface area contributed by atoms with Gasteiger partial charge in [0.2, 0.25) is 6.29 Å². The Kier molecular flexibility index (Phi) is 3.32. The molecule has 0 radical (unpaired) electrons. The van der Waals surface area contributed by atoms with Crippen LogP contribution in [0.15, 0.2) is 5.16 Å². The highest BCUT2D eigenvalue weighted by Crippen LogP contribution is 2.11. The number of aliphatic hydroxyl groups is 1. The molecule has 0 fully saturated rings. The van der Waals surface area contributed by atoms with Crippen LogP contribution in [0.3, 0.4) is 0 Å². The first-order valence-electron chi connectivity index (χ1n) is 3.80. The van der Waals surface area contributed by atoms with E-state index in [1.165, 1.54) is 0 Å². The molecule has 11 heavy (non-hydrogen) atoms. The summed E-state index contributed by atoms with van der Waals surface area (Å²) in [6, 6.07) is 0. The lowest BCUT2D eigenvalue weighted by Crippen LogP contribution is -2.23. The number of ether oxygens (including phenoxy) is 1. The molecule has 0 saturated carbocycles.